The fourth-order valence-corrected chi connectivity index (χ4v) is 1.51. The molecule has 2 nitrogen and oxygen atoms in total. The zero-order valence-electron chi connectivity index (χ0n) is 7.93. The predicted octanol–water partition coefficient (Wildman–Crippen LogP) is 3.02. The van der Waals surface area contributed by atoms with Crippen LogP contribution in [0.1, 0.15) is 24.8 Å². The SMILES string of the molecule is CC(CC=O)c1c(O)c(F)cc(Cl)c1F. The highest BCUT2D eigenvalue weighted by Crippen LogP contribution is 2.35. The van der Waals surface area contributed by atoms with Crippen molar-refractivity contribution in [1.82, 2.24) is 0 Å². The molecular weight excluding hydrogens is 226 g/mol. The summed E-state index contributed by atoms with van der Waals surface area (Å²) in [5, 5.41) is 8.91. The monoisotopic (exact) mass is 234 g/mol. The fraction of sp³-hybridized carbons (Fsp3) is 0.300. The molecule has 5 heteroatoms. The molecule has 1 atom stereocenters. The molecule has 0 spiro atoms. The van der Waals surface area contributed by atoms with E-state index in [2.05, 4.69) is 0 Å². The predicted molar refractivity (Wildman–Crippen MR) is 52.1 cm³/mol. The van der Waals surface area contributed by atoms with Crippen LogP contribution in [-0.2, 0) is 4.79 Å². The normalized spacial score (nSPS) is 12.5. The van der Waals surface area contributed by atoms with Crippen LogP contribution in [0.3, 0.4) is 0 Å². The molecule has 1 N–H and O–H groups in total. The lowest BCUT2D eigenvalue weighted by Gasteiger charge is -2.13. The molecule has 1 unspecified atom stereocenters. The molecular formula is C10H9ClF2O2. The molecule has 0 heterocycles. The average Bonchev–Trinajstić information content (AvgIpc) is 2.16. The van der Waals surface area contributed by atoms with Crippen molar-refractivity contribution in [2.75, 3.05) is 0 Å². The van der Waals surface area contributed by atoms with E-state index in [-0.39, 0.29) is 12.0 Å². The van der Waals surface area contributed by atoms with Crippen molar-refractivity contribution < 1.29 is 18.7 Å². The van der Waals surface area contributed by atoms with Crippen LogP contribution in [0.5, 0.6) is 5.75 Å². The number of aldehydes is 1. The molecule has 15 heavy (non-hydrogen) atoms. The second kappa shape index (κ2) is 4.57. The van der Waals surface area contributed by atoms with Crippen LogP contribution in [0.4, 0.5) is 8.78 Å². The van der Waals surface area contributed by atoms with Gasteiger partial charge in [0.15, 0.2) is 11.6 Å². The molecule has 1 rings (SSSR count). The molecule has 1 aromatic rings. The van der Waals surface area contributed by atoms with Gasteiger partial charge < -0.3 is 9.90 Å². The van der Waals surface area contributed by atoms with E-state index in [4.69, 9.17) is 11.6 Å². The van der Waals surface area contributed by atoms with Crippen LogP contribution in [0.25, 0.3) is 0 Å². The number of carbonyl (C=O) groups is 1. The summed E-state index contributed by atoms with van der Waals surface area (Å²) >= 11 is 5.42. The topological polar surface area (TPSA) is 37.3 Å². The highest BCUT2D eigenvalue weighted by Gasteiger charge is 2.21. The lowest BCUT2D eigenvalue weighted by molar-refractivity contribution is -0.108. The van der Waals surface area contributed by atoms with Crippen molar-refractivity contribution in [3.05, 3.63) is 28.3 Å². The minimum Gasteiger partial charge on any atom is -0.505 e. The largest absolute Gasteiger partial charge is 0.505 e. The molecule has 1 aromatic carbocycles. The molecule has 0 saturated heterocycles. The first-order chi connectivity index (χ1) is 6.99. The number of carbonyl (C=O) groups excluding carboxylic acids is 1. The van der Waals surface area contributed by atoms with E-state index in [9.17, 15) is 18.7 Å². The van der Waals surface area contributed by atoms with Gasteiger partial charge in [-0.1, -0.05) is 18.5 Å². The van der Waals surface area contributed by atoms with E-state index in [0.717, 1.165) is 0 Å². The van der Waals surface area contributed by atoms with Gasteiger partial charge in [0, 0.05) is 12.0 Å². The van der Waals surface area contributed by atoms with Gasteiger partial charge in [-0.15, -0.1) is 0 Å². The first kappa shape index (κ1) is 11.9. The van der Waals surface area contributed by atoms with Crippen LogP contribution >= 0.6 is 11.6 Å². The number of rotatable bonds is 3. The molecule has 0 radical (unpaired) electrons. The minimum atomic E-state index is -0.992. The molecule has 0 aliphatic heterocycles. The van der Waals surface area contributed by atoms with Crippen molar-refractivity contribution in [1.29, 1.82) is 0 Å². The molecule has 0 bridgehead atoms. The number of benzene rings is 1. The smallest absolute Gasteiger partial charge is 0.166 e. The Morgan fingerprint density at radius 3 is 2.73 bits per heavy atom. The maximum absolute atomic E-state index is 13.4. The third-order valence-corrected chi connectivity index (χ3v) is 2.40. The number of hydrogen-bond donors (Lipinski definition) is 1. The summed E-state index contributed by atoms with van der Waals surface area (Å²) in [6.07, 6.45) is 0.562. The first-order valence-electron chi connectivity index (χ1n) is 4.29. The van der Waals surface area contributed by atoms with Gasteiger partial charge in [0.05, 0.1) is 5.02 Å². The number of phenols is 1. The molecule has 0 saturated carbocycles. The van der Waals surface area contributed by atoms with Gasteiger partial charge in [-0.3, -0.25) is 0 Å². The lowest BCUT2D eigenvalue weighted by atomic mass is 9.96. The van der Waals surface area contributed by atoms with E-state index in [1.165, 1.54) is 6.92 Å². The van der Waals surface area contributed by atoms with Crippen LogP contribution in [0, 0.1) is 11.6 Å². The van der Waals surface area contributed by atoms with Gasteiger partial charge in [0.1, 0.15) is 12.1 Å². The number of aromatic hydroxyl groups is 1. The number of halogens is 3. The molecule has 0 fully saturated rings. The van der Waals surface area contributed by atoms with E-state index in [1.54, 1.807) is 0 Å². The Bertz CT molecular complexity index is 367. The summed E-state index contributed by atoms with van der Waals surface area (Å²) in [6.45, 7) is 1.50. The van der Waals surface area contributed by atoms with Crippen LogP contribution in [0.15, 0.2) is 6.07 Å². The fourth-order valence-electron chi connectivity index (χ4n) is 1.32. The number of phenolic OH excluding ortho intramolecular Hbond substituents is 1. The Kier molecular flexibility index (Phi) is 3.63. The van der Waals surface area contributed by atoms with E-state index >= 15 is 0 Å². The summed E-state index contributed by atoms with van der Waals surface area (Å²) in [5.41, 5.74) is -0.257. The Morgan fingerprint density at radius 1 is 1.60 bits per heavy atom. The maximum atomic E-state index is 13.4. The first-order valence-corrected chi connectivity index (χ1v) is 4.66. The van der Waals surface area contributed by atoms with Gasteiger partial charge in [-0.05, 0) is 12.0 Å². The molecule has 0 aliphatic carbocycles. The van der Waals surface area contributed by atoms with Gasteiger partial charge in [-0.25, -0.2) is 8.78 Å². The Morgan fingerprint density at radius 2 is 2.20 bits per heavy atom. The second-order valence-electron chi connectivity index (χ2n) is 3.22. The highest BCUT2D eigenvalue weighted by atomic mass is 35.5. The maximum Gasteiger partial charge on any atom is 0.166 e. The van der Waals surface area contributed by atoms with E-state index < -0.39 is 28.3 Å². The Labute approximate surface area is 90.5 Å². The Balaban J connectivity index is 3.31. The van der Waals surface area contributed by atoms with E-state index in [1.807, 2.05) is 0 Å². The van der Waals surface area contributed by atoms with Crippen molar-refractivity contribution in [3.8, 4) is 5.75 Å². The standard InChI is InChI=1S/C10H9ClF2O2/c1-5(2-3-14)8-9(13)6(11)4-7(12)10(8)15/h3-5,15H,2H2,1H3. The zero-order chi connectivity index (χ0) is 11.6. The van der Waals surface area contributed by atoms with Crippen molar-refractivity contribution in [2.45, 2.75) is 19.3 Å². The summed E-state index contributed by atoms with van der Waals surface area (Å²) < 4.78 is 26.5. The van der Waals surface area contributed by atoms with Crippen LogP contribution in [-0.4, -0.2) is 11.4 Å². The Hall–Kier alpha value is -1.16. The van der Waals surface area contributed by atoms with E-state index in [0.29, 0.717) is 12.4 Å². The van der Waals surface area contributed by atoms with Gasteiger partial charge >= 0.3 is 0 Å². The zero-order valence-corrected chi connectivity index (χ0v) is 8.68. The highest BCUT2D eigenvalue weighted by molar-refractivity contribution is 6.30. The lowest BCUT2D eigenvalue weighted by Crippen LogP contribution is -2.01. The third kappa shape index (κ3) is 2.26. The van der Waals surface area contributed by atoms with Gasteiger partial charge in [0.25, 0.3) is 0 Å². The molecule has 0 aliphatic rings. The third-order valence-electron chi connectivity index (χ3n) is 2.12. The summed E-state index contributed by atoms with van der Waals surface area (Å²) in [5.74, 6) is -3.28. The van der Waals surface area contributed by atoms with Crippen LogP contribution in [0.2, 0.25) is 5.02 Å². The second-order valence-corrected chi connectivity index (χ2v) is 3.63. The van der Waals surface area contributed by atoms with Gasteiger partial charge in [0.2, 0.25) is 0 Å². The molecule has 82 valence electrons. The van der Waals surface area contributed by atoms with Crippen LogP contribution < -0.4 is 0 Å². The molecule has 0 amide bonds. The quantitative estimate of drug-likeness (QED) is 0.645. The summed E-state index contributed by atoms with van der Waals surface area (Å²) in [4.78, 5) is 10.3. The summed E-state index contributed by atoms with van der Waals surface area (Å²) in [7, 11) is 0. The molecule has 0 aromatic heterocycles. The summed E-state index contributed by atoms with van der Waals surface area (Å²) in [6, 6.07) is 0.698. The van der Waals surface area contributed by atoms with Crippen molar-refractivity contribution in [3.63, 3.8) is 0 Å². The minimum absolute atomic E-state index is 0.00966. The van der Waals surface area contributed by atoms with Gasteiger partial charge in [-0.2, -0.15) is 0 Å². The average molecular weight is 235 g/mol. The van der Waals surface area contributed by atoms with Crippen molar-refractivity contribution >= 4 is 17.9 Å². The van der Waals surface area contributed by atoms with Crippen molar-refractivity contribution in [2.24, 2.45) is 0 Å². The number of hydrogen-bond acceptors (Lipinski definition) is 2.